The summed E-state index contributed by atoms with van der Waals surface area (Å²) in [7, 11) is 0. The molecule has 1 saturated heterocycles. The summed E-state index contributed by atoms with van der Waals surface area (Å²) in [6.07, 6.45) is 0. The van der Waals surface area contributed by atoms with Crippen LogP contribution in [0.3, 0.4) is 0 Å². The molecule has 4 rings (SSSR count). The lowest BCUT2D eigenvalue weighted by molar-refractivity contribution is -0.0815. The van der Waals surface area contributed by atoms with E-state index in [2.05, 4.69) is 54.6 Å². The SMILES string of the molecule is c1ccc(C2(Sc3ccc4ccccc4c3)OCCO2)cc1. The van der Waals surface area contributed by atoms with Crippen molar-refractivity contribution in [2.45, 2.75) is 10.0 Å². The third-order valence-electron chi connectivity index (χ3n) is 3.77. The highest BCUT2D eigenvalue weighted by molar-refractivity contribution is 8.00. The maximum atomic E-state index is 5.98. The summed E-state index contributed by atoms with van der Waals surface area (Å²) in [5.74, 6) is 0. The zero-order chi connectivity index (χ0) is 14.8. The quantitative estimate of drug-likeness (QED) is 0.693. The minimum absolute atomic E-state index is 0.621. The van der Waals surface area contributed by atoms with Crippen molar-refractivity contribution in [2.24, 2.45) is 0 Å². The lowest BCUT2D eigenvalue weighted by atomic mass is 10.1. The molecule has 0 amide bonds. The third-order valence-corrected chi connectivity index (χ3v) is 5.00. The van der Waals surface area contributed by atoms with Crippen LogP contribution >= 0.6 is 11.8 Å². The molecule has 0 saturated carbocycles. The molecule has 1 heterocycles. The first-order valence-electron chi connectivity index (χ1n) is 7.37. The lowest BCUT2D eigenvalue weighted by Gasteiger charge is -2.27. The van der Waals surface area contributed by atoms with Gasteiger partial charge >= 0.3 is 0 Å². The number of rotatable bonds is 3. The van der Waals surface area contributed by atoms with Gasteiger partial charge in [0.15, 0.2) is 0 Å². The molecular weight excluding hydrogens is 292 g/mol. The molecule has 3 aromatic carbocycles. The van der Waals surface area contributed by atoms with E-state index < -0.39 is 5.12 Å². The molecule has 22 heavy (non-hydrogen) atoms. The van der Waals surface area contributed by atoms with E-state index in [1.165, 1.54) is 10.8 Å². The second-order valence-corrected chi connectivity index (χ2v) is 6.44. The van der Waals surface area contributed by atoms with Crippen LogP contribution < -0.4 is 0 Å². The predicted molar refractivity (Wildman–Crippen MR) is 89.8 cm³/mol. The summed E-state index contributed by atoms with van der Waals surface area (Å²) in [5, 5.41) is 1.74. The Morgan fingerprint density at radius 1 is 0.727 bits per heavy atom. The molecule has 3 aromatic rings. The standard InChI is InChI=1S/C19H16O2S/c1-2-8-17(9-3-1)19(20-12-13-21-19)22-18-11-10-15-6-4-5-7-16(15)14-18/h1-11,14H,12-13H2. The Kier molecular flexibility index (Phi) is 3.62. The van der Waals surface area contributed by atoms with Gasteiger partial charge < -0.3 is 9.47 Å². The molecule has 0 aliphatic carbocycles. The normalized spacial score (nSPS) is 16.9. The van der Waals surface area contributed by atoms with E-state index in [1.807, 2.05) is 18.2 Å². The molecule has 0 spiro atoms. The fraction of sp³-hybridized carbons (Fsp3) is 0.158. The Morgan fingerprint density at radius 3 is 2.18 bits per heavy atom. The first-order valence-corrected chi connectivity index (χ1v) is 8.19. The Morgan fingerprint density at radius 2 is 1.41 bits per heavy atom. The summed E-state index contributed by atoms with van der Waals surface area (Å²) in [6.45, 7) is 1.24. The summed E-state index contributed by atoms with van der Waals surface area (Å²) >= 11 is 1.62. The highest BCUT2D eigenvalue weighted by Crippen LogP contribution is 2.46. The third kappa shape index (κ3) is 2.52. The second kappa shape index (κ2) is 5.76. The van der Waals surface area contributed by atoms with Crippen LogP contribution in [0.15, 0.2) is 77.7 Å². The van der Waals surface area contributed by atoms with Gasteiger partial charge in [-0.25, -0.2) is 0 Å². The van der Waals surface area contributed by atoms with E-state index in [1.54, 1.807) is 11.8 Å². The fourth-order valence-corrected chi connectivity index (χ4v) is 3.88. The molecule has 0 radical (unpaired) electrons. The molecule has 1 aliphatic heterocycles. The van der Waals surface area contributed by atoms with Gasteiger partial charge in [-0.1, -0.05) is 72.4 Å². The van der Waals surface area contributed by atoms with Gasteiger partial charge in [0.1, 0.15) is 0 Å². The van der Waals surface area contributed by atoms with Crippen molar-refractivity contribution in [1.29, 1.82) is 0 Å². The van der Waals surface area contributed by atoms with Crippen molar-refractivity contribution in [2.75, 3.05) is 13.2 Å². The van der Waals surface area contributed by atoms with Gasteiger partial charge in [0, 0.05) is 10.5 Å². The van der Waals surface area contributed by atoms with Crippen molar-refractivity contribution in [1.82, 2.24) is 0 Å². The van der Waals surface area contributed by atoms with Gasteiger partial charge in [-0.2, -0.15) is 0 Å². The smallest absolute Gasteiger partial charge is 0.250 e. The maximum Gasteiger partial charge on any atom is 0.250 e. The highest BCUT2D eigenvalue weighted by Gasteiger charge is 2.39. The van der Waals surface area contributed by atoms with Gasteiger partial charge in [0.25, 0.3) is 5.12 Å². The maximum absolute atomic E-state index is 5.98. The van der Waals surface area contributed by atoms with Crippen molar-refractivity contribution >= 4 is 22.5 Å². The number of ether oxygens (including phenoxy) is 2. The number of thioether (sulfide) groups is 1. The Labute approximate surface area is 134 Å². The predicted octanol–water partition coefficient (Wildman–Crippen LogP) is 4.79. The number of hydrogen-bond acceptors (Lipinski definition) is 3. The van der Waals surface area contributed by atoms with Crippen LogP contribution in [0.1, 0.15) is 5.56 Å². The zero-order valence-corrected chi connectivity index (χ0v) is 12.9. The summed E-state index contributed by atoms with van der Waals surface area (Å²) in [4.78, 5) is 1.14. The number of benzene rings is 3. The molecule has 1 fully saturated rings. The van der Waals surface area contributed by atoms with Crippen molar-refractivity contribution < 1.29 is 9.47 Å². The van der Waals surface area contributed by atoms with Gasteiger partial charge in [-0.05, 0) is 22.9 Å². The Balaban J connectivity index is 1.72. The molecule has 0 unspecified atom stereocenters. The van der Waals surface area contributed by atoms with Crippen LogP contribution in [0, 0.1) is 0 Å². The fourth-order valence-electron chi connectivity index (χ4n) is 2.71. The summed E-state index contributed by atoms with van der Waals surface area (Å²) in [5.41, 5.74) is 1.05. The molecule has 3 heteroatoms. The first kappa shape index (κ1) is 13.8. The largest absolute Gasteiger partial charge is 0.335 e. The van der Waals surface area contributed by atoms with Crippen LogP contribution in [-0.2, 0) is 14.6 Å². The molecule has 0 aromatic heterocycles. The van der Waals surface area contributed by atoms with E-state index in [9.17, 15) is 0 Å². The zero-order valence-electron chi connectivity index (χ0n) is 12.1. The monoisotopic (exact) mass is 308 g/mol. The average Bonchev–Trinajstić information content (AvgIpc) is 3.05. The second-order valence-electron chi connectivity index (χ2n) is 5.23. The molecule has 1 aliphatic rings. The molecular formula is C19H16O2S. The van der Waals surface area contributed by atoms with Crippen LogP contribution in [-0.4, -0.2) is 13.2 Å². The van der Waals surface area contributed by atoms with E-state index in [0.29, 0.717) is 13.2 Å². The minimum Gasteiger partial charge on any atom is -0.335 e. The summed E-state index contributed by atoms with van der Waals surface area (Å²) in [6, 6.07) is 25.0. The van der Waals surface area contributed by atoms with Crippen LogP contribution in [0.25, 0.3) is 10.8 Å². The van der Waals surface area contributed by atoms with Gasteiger partial charge in [0.05, 0.1) is 13.2 Å². The number of fused-ring (bicyclic) bond motifs is 1. The molecule has 2 nitrogen and oxygen atoms in total. The highest BCUT2D eigenvalue weighted by atomic mass is 32.2. The lowest BCUT2D eigenvalue weighted by Crippen LogP contribution is -2.22. The van der Waals surface area contributed by atoms with Gasteiger partial charge in [-0.3, -0.25) is 0 Å². The topological polar surface area (TPSA) is 18.5 Å². The molecule has 0 bridgehead atoms. The average molecular weight is 308 g/mol. The van der Waals surface area contributed by atoms with Crippen molar-refractivity contribution in [3.63, 3.8) is 0 Å². The Bertz CT molecular complexity index is 780. The van der Waals surface area contributed by atoms with Crippen molar-refractivity contribution in [3.8, 4) is 0 Å². The molecule has 0 N–H and O–H groups in total. The van der Waals surface area contributed by atoms with E-state index in [0.717, 1.165) is 10.5 Å². The van der Waals surface area contributed by atoms with Crippen molar-refractivity contribution in [3.05, 3.63) is 78.4 Å². The van der Waals surface area contributed by atoms with Gasteiger partial charge in [0.2, 0.25) is 0 Å². The van der Waals surface area contributed by atoms with E-state index in [-0.39, 0.29) is 0 Å². The van der Waals surface area contributed by atoms with E-state index in [4.69, 9.17) is 9.47 Å². The summed E-state index contributed by atoms with van der Waals surface area (Å²) < 4.78 is 12.0. The van der Waals surface area contributed by atoms with Gasteiger partial charge in [-0.15, -0.1) is 0 Å². The molecule has 0 atom stereocenters. The van der Waals surface area contributed by atoms with E-state index >= 15 is 0 Å². The van der Waals surface area contributed by atoms with Crippen LogP contribution in [0.2, 0.25) is 0 Å². The minimum atomic E-state index is -0.732. The van der Waals surface area contributed by atoms with Crippen LogP contribution in [0.4, 0.5) is 0 Å². The number of hydrogen-bond donors (Lipinski definition) is 0. The first-order chi connectivity index (χ1) is 10.9. The van der Waals surface area contributed by atoms with Crippen LogP contribution in [0.5, 0.6) is 0 Å². The molecule has 110 valence electrons. The Hall–Kier alpha value is -1.81.